The zero-order chi connectivity index (χ0) is 21.4. The second-order valence-electron chi connectivity index (χ2n) is 7.37. The molecule has 1 aliphatic rings. The first-order valence-electron chi connectivity index (χ1n) is 10.2. The quantitative estimate of drug-likeness (QED) is 0.310. The number of hydrogen-bond donors (Lipinski definition) is 0. The molecule has 0 aliphatic carbocycles. The molecule has 1 amide bonds. The molecule has 0 saturated carbocycles. The van der Waals surface area contributed by atoms with Crippen LogP contribution < -0.4 is 5.56 Å². The molecular formula is C23H21N3O2S3. The lowest BCUT2D eigenvalue weighted by atomic mass is 10.00. The summed E-state index contributed by atoms with van der Waals surface area (Å²) in [6, 6.07) is 12.3. The highest BCUT2D eigenvalue weighted by molar-refractivity contribution is 7.99. The molecule has 0 atom stereocenters. The van der Waals surface area contributed by atoms with Crippen LogP contribution in [-0.2, 0) is 24.3 Å². The monoisotopic (exact) mass is 467 g/mol. The third kappa shape index (κ3) is 3.84. The van der Waals surface area contributed by atoms with Crippen molar-refractivity contribution in [2.24, 2.45) is 0 Å². The smallest absolute Gasteiger partial charge is 0.263 e. The number of carbonyl (C=O) groups is 1. The van der Waals surface area contributed by atoms with Crippen molar-refractivity contribution >= 4 is 50.6 Å². The highest BCUT2D eigenvalue weighted by Gasteiger charge is 2.22. The third-order valence-electron chi connectivity index (χ3n) is 5.57. The molecule has 0 unspecified atom stereocenters. The van der Waals surface area contributed by atoms with E-state index in [0.717, 1.165) is 28.2 Å². The standard InChI is InChI=1S/C23H21N3O2S3/c1-2-26-22(28)20-17(18-8-5-11-29-18)13-30-21(20)24-23(26)31-14-19(27)25-10-9-15-6-3-4-7-16(15)12-25/h3-8,11,13H,2,9-10,12,14H2,1H3. The second kappa shape index (κ2) is 8.61. The fraction of sp³-hybridized carbons (Fsp3) is 0.261. The van der Waals surface area contributed by atoms with Crippen LogP contribution in [0.1, 0.15) is 18.1 Å². The van der Waals surface area contributed by atoms with E-state index in [-0.39, 0.29) is 17.2 Å². The van der Waals surface area contributed by atoms with E-state index in [0.29, 0.717) is 23.6 Å². The van der Waals surface area contributed by atoms with Crippen molar-refractivity contribution in [3.8, 4) is 10.4 Å². The molecule has 5 rings (SSSR count). The Morgan fingerprint density at radius 2 is 2.00 bits per heavy atom. The molecule has 4 aromatic rings. The Morgan fingerprint density at radius 3 is 2.77 bits per heavy atom. The van der Waals surface area contributed by atoms with Crippen LogP contribution in [0.25, 0.3) is 20.7 Å². The first kappa shape index (κ1) is 20.5. The number of nitrogens with zero attached hydrogens (tertiary/aromatic N) is 3. The normalized spacial score (nSPS) is 13.5. The molecule has 0 spiro atoms. The summed E-state index contributed by atoms with van der Waals surface area (Å²) >= 11 is 4.47. The zero-order valence-electron chi connectivity index (χ0n) is 17.0. The summed E-state index contributed by atoms with van der Waals surface area (Å²) in [5, 5.41) is 5.32. The maximum Gasteiger partial charge on any atom is 0.263 e. The van der Waals surface area contributed by atoms with Crippen LogP contribution in [0.4, 0.5) is 0 Å². The fourth-order valence-corrected chi connectivity index (χ4v) is 6.70. The second-order valence-corrected chi connectivity index (χ2v) is 10.1. The molecule has 31 heavy (non-hydrogen) atoms. The zero-order valence-corrected chi connectivity index (χ0v) is 19.5. The summed E-state index contributed by atoms with van der Waals surface area (Å²) in [7, 11) is 0. The van der Waals surface area contributed by atoms with Crippen molar-refractivity contribution in [2.45, 2.75) is 31.6 Å². The van der Waals surface area contributed by atoms with E-state index in [2.05, 4.69) is 12.1 Å². The third-order valence-corrected chi connectivity index (χ3v) is 8.31. The fourth-order valence-electron chi connectivity index (χ4n) is 3.93. The molecule has 0 saturated heterocycles. The number of benzene rings is 1. The van der Waals surface area contributed by atoms with E-state index >= 15 is 0 Å². The van der Waals surface area contributed by atoms with Crippen LogP contribution >= 0.6 is 34.4 Å². The summed E-state index contributed by atoms with van der Waals surface area (Å²) in [6.07, 6.45) is 0.886. The van der Waals surface area contributed by atoms with E-state index in [9.17, 15) is 9.59 Å². The van der Waals surface area contributed by atoms with Gasteiger partial charge in [-0.3, -0.25) is 14.2 Å². The van der Waals surface area contributed by atoms with Crippen molar-refractivity contribution < 1.29 is 4.79 Å². The molecule has 4 heterocycles. The number of carbonyl (C=O) groups excluding carboxylic acids is 1. The van der Waals surface area contributed by atoms with Gasteiger partial charge in [0.05, 0.1) is 11.1 Å². The summed E-state index contributed by atoms with van der Waals surface area (Å²) in [5.41, 5.74) is 3.47. The molecule has 5 nitrogen and oxygen atoms in total. The molecule has 0 N–H and O–H groups in total. The summed E-state index contributed by atoms with van der Waals surface area (Å²) in [6.45, 7) is 3.85. The van der Waals surface area contributed by atoms with E-state index in [1.54, 1.807) is 15.9 Å². The number of amides is 1. The molecule has 158 valence electrons. The highest BCUT2D eigenvalue weighted by atomic mass is 32.2. The minimum Gasteiger partial charge on any atom is -0.337 e. The van der Waals surface area contributed by atoms with Crippen LogP contribution in [0.15, 0.2) is 57.1 Å². The van der Waals surface area contributed by atoms with Gasteiger partial charge in [0, 0.05) is 35.5 Å². The van der Waals surface area contributed by atoms with Gasteiger partial charge in [0.1, 0.15) is 4.83 Å². The SMILES string of the molecule is CCn1c(SCC(=O)N2CCc3ccccc3C2)nc2scc(-c3cccs3)c2c1=O. The van der Waals surface area contributed by atoms with Gasteiger partial charge in [0.15, 0.2) is 5.16 Å². The number of rotatable bonds is 5. The van der Waals surface area contributed by atoms with Crippen molar-refractivity contribution in [2.75, 3.05) is 12.3 Å². The minimum absolute atomic E-state index is 0.0287. The number of thiophene rings is 2. The van der Waals surface area contributed by atoms with Crippen LogP contribution in [0, 0.1) is 0 Å². The Hall–Kier alpha value is -2.42. The molecule has 8 heteroatoms. The van der Waals surface area contributed by atoms with Gasteiger partial charge in [-0.15, -0.1) is 22.7 Å². The van der Waals surface area contributed by atoms with Gasteiger partial charge in [0.25, 0.3) is 5.56 Å². The Balaban J connectivity index is 1.38. The lowest BCUT2D eigenvalue weighted by molar-refractivity contribution is -0.129. The predicted molar refractivity (Wildman–Crippen MR) is 129 cm³/mol. The highest BCUT2D eigenvalue weighted by Crippen LogP contribution is 2.34. The molecule has 3 aromatic heterocycles. The van der Waals surface area contributed by atoms with Gasteiger partial charge >= 0.3 is 0 Å². The van der Waals surface area contributed by atoms with Gasteiger partial charge in [-0.2, -0.15) is 0 Å². The van der Waals surface area contributed by atoms with Crippen LogP contribution in [0.5, 0.6) is 0 Å². The summed E-state index contributed by atoms with van der Waals surface area (Å²) in [4.78, 5) is 34.6. The number of thioether (sulfide) groups is 1. The van der Waals surface area contributed by atoms with Gasteiger partial charge in [-0.1, -0.05) is 42.1 Å². The first-order valence-corrected chi connectivity index (χ1v) is 12.9. The Morgan fingerprint density at radius 1 is 1.16 bits per heavy atom. The van der Waals surface area contributed by atoms with Crippen molar-refractivity contribution in [3.63, 3.8) is 0 Å². The van der Waals surface area contributed by atoms with Crippen LogP contribution in [0.3, 0.4) is 0 Å². The largest absolute Gasteiger partial charge is 0.337 e. The molecule has 0 bridgehead atoms. The molecular weight excluding hydrogens is 446 g/mol. The predicted octanol–water partition coefficient (Wildman–Crippen LogP) is 4.88. The Bertz CT molecular complexity index is 1310. The summed E-state index contributed by atoms with van der Waals surface area (Å²) in [5.74, 6) is 0.366. The molecule has 1 aromatic carbocycles. The first-order chi connectivity index (χ1) is 15.2. The molecule has 0 radical (unpaired) electrons. The minimum atomic E-state index is -0.0287. The van der Waals surface area contributed by atoms with Gasteiger partial charge in [-0.25, -0.2) is 4.98 Å². The van der Waals surface area contributed by atoms with Gasteiger partial charge in [-0.05, 0) is 35.9 Å². The molecule has 0 fully saturated rings. The van der Waals surface area contributed by atoms with E-state index < -0.39 is 0 Å². The van der Waals surface area contributed by atoms with Gasteiger partial charge in [0.2, 0.25) is 5.91 Å². The molecule has 1 aliphatic heterocycles. The lowest BCUT2D eigenvalue weighted by Crippen LogP contribution is -2.37. The average molecular weight is 468 g/mol. The van der Waals surface area contributed by atoms with E-state index in [1.807, 2.05) is 46.8 Å². The Labute approximate surface area is 192 Å². The average Bonchev–Trinajstić information content (AvgIpc) is 3.47. The number of fused-ring (bicyclic) bond motifs is 2. The van der Waals surface area contributed by atoms with Crippen LogP contribution in [-0.4, -0.2) is 32.7 Å². The summed E-state index contributed by atoms with van der Waals surface area (Å²) < 4.78 is 1.69. The maximum absolute atomic E-state index is 13.3. The number of aromatic nitrogens is 2. The maximum atomic E-state index is 13.3. The van der Waals surface area contributed by atoms with E-state index in [4.69, 9.17) is 4.98 Å². The van der Waals surface area contributed by atoms with E-state index in [1.165, 1.54) is 34.2 Å². The number of hydrogen-bond acceptors (Lipinski definition) is 6. The van der Waals surface area contributed by atoms with Gasteiger partial charge < -0.3 is 4.90 Å². The topological polar surface area (TPSA) is 55.2 Å². The lowest BCUT2D eigenvalue weighted by Gasteiger charge is -2.28. The van der Waals surface area contributed by atoms with Crippen molar-refractivity contribution in [1.29, 1.82) is 0 Å². The Kier molecular flexibility index (Phi) is 5.69. The van der Waals surface area contributed by atoms with Crippen LogP contribution in [0.2, 0.25) is 0 Å². The van der Waals surface area contributed by atoms with Crippen molar-refractivity contribution in [1.82, 2.24) is 14.5 Å². The van der Waals surface area contributed by atoms with Crippen molar-refractivity contribution in [3.05, 3.63) is 68.6 Å².